The van der Waals surface area contributed by atoms with Gasteiger partial charge in [0, 0.05) is 23.2 Å². The fourth-order valence-corrected chi connectivity index (χ4v) is 4.78. The highest BCUT2D eigenvalue weighted by Gasteiger charge is 2.67. The van der Waals surface area contributed by atoms with Crippen LogP contribution in [0.2, 0.25) is 5.02 Å². The zero-order valence-electron chi connectivity index (χ0n) is 17.7. The molecule has 0 aliphatic heterocycles. The number of carbonyl (C=O) groups is 2. The van der Waals surface area contributed by atoms with Crippen LogP contribution in [0, 0.1) is 23.4 Å². The first-order valence-electron chi connectivity index (χ1n) is 10.2. The molecule has 1 fully saturated rings. The molecular formula is C25H16Cl3F3N2O2. The van der Waals surface area contributed by atoms with Crippen LogP contribution in [0.5, 0.6) is 0 Å². The lowest BCUT2D eigenvalue weighted by atomic mass is 10.1. The van der Waals surface area contributed by atoms with Crippen LogP contribution in [0.4, 0.5) is 24.5 Å². The molecule has 1 aliphatic rings. The van der Waals surface area contributed by atoms with E-state index in [2.05, 4.69) is 17.2 Å². The fraction of sp³-hybridized carbons (Fsp3) is 0.120. The lowest BCUT2D eigenvalue weighted by Crippen LogP contribution is -2.18. The quantitative estimate of drug-likeness (QED) is 0.326. The van der Waals surface area contributed by atoms with Crippen molar-refractivity contribution in [2.75, 3.05) is 10.6 Å². The summed E-state index contributed by atoms with van der Waals surface area (Å²) in [6.45, 7) is 3.53. The maximum absolute atomic E-state index is 14.2. The Hall–Kier alpha value is -3.00. The summed E-state index contributed by atoms with van der Waals surface area (Å²) in [4.78, 5) is 25.5. The van der Waals surface area contributed by atoms with E-state index < -0.39 is 45.4 Å². The lowest BCUT2D eigenvalue weighted by molar-refractivity contribution is -0.117. The molecular weight excluding hydrogens is 524 g/mol. The van der Waals surface area contributed by atoms with Crippen molar-refractivity contribution in [1.82, 2.24) is 0 Å². The van der Waals surface area contributed by atoms with Crippen molar-refractivity contribution in [3.05, 3.63) is 100 Å². The molecule has 0 saturated heterocycles. The van der Waals surface area contributed by atoms with E-state index in [1.54, 1.807) is 6.07 Å². The van der Waals surface area contributed by atoms with E-state index in [0.717, 1.165) is 12.1 Å². The minimum atomic E-state index is -1.46. The van der Waals surface area contributed by atoms with Crippen LogP contribution in [0.25, 0.3) is 6.08 Å². The van der Waals surface area contributed by atoms with E-state index >= 15 is 0 Å². The average molecular weight is 540 g/mol. The Bertz CT molecular complexity index is 1360. The maximum atomic E-state index is 14.2. The molecule has 1 saturated carbocycles. The molecule has 3 aromatic carbocycles. The SMILES string of the molecule is C=Cc1ccc([C@@H]2[C@@H](C(=O)Nc3ccc(Cl)c(C(=O)Nc4ccc(F)cc4F)c3)C2(Cl)Cl)cc1F. The van der Waals surface area contributed by atoms with Crippen LogP contribution in [0.3, 0.4) is 0 Å². The minimum absolute atomic E-state index is 0.0362. The molecule has 1 aliphatic carbocycles. The van der Waals surface area contributed by atoms with Gasteiger partial charge in [0.05, 0.1) is 22.2 Å². The highest BCUT2D eigenvalue weighted by atomic mass is 35.5. The summed E-state index contributed by atoms with van der Waals surface area (Å²) >= 11 is 18.8. The number of benzene rings is 3. The number of halogens is 6. The van der Waals surface area contributed by atoms with Gasteiger partial charge in [0.25, 0.3) is 5.91 Å². The summed E-state index contributed by atoms with van der Waals surface area (Å²) in [5, 5.41) is 4.96. The third kappa shape index (κ3) is 5.03. The first-order chi connectivity index (χ1) is 16.5. The number of hydrogen-bond acceptors (Lipinski definition) is 2. The first-order valence-corrected chi connectivity index (χ1v) is 11.3. The van der Waals surface area contributed by atoms with Crippen molar-refractivity contribution in [2.24, 2.45) is 5.92 Å². The summed E-state index contributed by atoms with van der Waals surface area (Å²) < 4.78 is 39.7. The molecule has 180 valence electrons. The van der Waals surface area contributed by atoms with Gasteiger partial charge in [-0.1, -0.05) is 36.4 Å². The van der Waals surface area contributed by atoms with Crippen molar-refractivity contribution >= 4 is 64.1 Å². The number of anilines is 2. The molecule has 4 rings (SSSR count). The van der Waals surface area contributed by atoms with Crippen LogP contribution in [0.1, 0.15) is 27.4 Å². The van der Waals surface area contributed by atoms with E-state index in [1.807, 2.05) is 0 Å². The van der Waals surface area contributed by atoms with Crippen LogP contribution in [0.15, 0.2) is 61.2 Å². The molecule has 0 spiro atoms. The summed E-state index contributed by atoms with van der Waals surface area (Å²) in [5.41, 5.74) is 0.651. The Balaban J connectivity index is 1.51. The van der Waals surface area contributed by atoms with Gasteiger partial charge >= 0.3 is 0 Å². The molecule has 0 aromatic heterocycles. The molecule has 3 aromatic rings. The molecule has 35 heavy (non-hydrogen) atoms. The van der Waals surface area contributed by atoms with E-state index in [1.165, 1.54) is 36.4 Å². The van der Waals surface area contributed by atoms with Gasteiger partial charge in [0.1, 0.15) is 21.8 Å². The van der Waals surface area contributed by atoms with Crippen LogP contribution in [-0.4, -0.2) is 16.1 Å². The Kier molecular flexibility index (Phi) is 6.86. The van der Waals surface area contributed by atoms with Gasteiger partial charge in [0.2, 0.25) is 5.91 Å². The zero-order valence-corrected chi connectivity index (χ0v) is 20.0. The lowest BCUT2D eigenvalue weighted by Gasteiger charge is -2.11. The van der Waals surface area contributed by atoms with Gasteiger partial charge in [-0.15, -0.1) is 23.2 Å². The Morgan fingerprint density at radius 1 is 0.943 bits per heavy atom. The van der Waals surface area contributed by atoms with Crippen molar-refractivity contribution < 1.29 is 22.8 Å². The Morgan fingerprint density at radius 2 is 1.69 bits per heavy atom. The highest BCUT2D eigenvalue weighted by Crippen LogP contribution is 2.65. The van der Waals surface area contributed by atoms with E-state index in [4.69, 9.17) is 34.8 Å². The van der Waals surface area contributed by atoms with Gasteiger partial charge < -0.3 is 10.6 Å². The smallest absolute Gasteiger partial charge is 0.257 e. The second-order valence-electron chi connectivity index (χ2n) is 7.88. The monoisotopic (exact) mass is 538 g/mol. The van der Waals surface area contributed by atoms with Gasteiger partial charge in [-0.2, -0.15) is 0 Å². The van der Waals surface area contributed by atoms with E-state index in [-0.39, 0.29) is 22.0 Å². The standard InChI is InChI=1S/C25H16Cl3F3N2O2/c1-2-12-3-4-13(9-18(12)30)21-22(25(21,27)28)24(35)32-15-6-7-17(26)16(11-15)23(34)33-20-8-5-14(29)10-19(20)31/h2-11,21-22H,1H2,(H,32,35)(H,33,34)/t21-,22+/m1/s1. The third-order valence-corrected chi connectivity index (χ3v) is 6.87. The molecule has 0 bridgehead atoms. The van der Waals surface area contributed by atoms with Crippen LogP contribution < -0.4 is 10.6 Å². The van der Waals surface area contributed by atoms with Gasteiger partial charge in [-0.05, 0) is 42.0 Å². The number of amides is 2. The molecule has 0 radical (unpaired) electrons. The van der Waals surface area contributed by atoms with Crippen molar-refractivity contribution in [3.63, 3.8) is 0 Å². The second-order valence-corrected chi connectivity index (χ2v) is 9.73. The Morgan fingerprint density at radius 3 is 2.34 bits per heavy atom. The number of hydrogen-bond donors (Lipinski definition) is 2. The Labute approximate surface area is 213 Å². The molecule has 0 unspecified atom stereocenters. The number of rotatable bonds is 6. The van der Waals surface area contributed by atoms with Crippen LogP contribution in [-0.2, 0) is 4.79 Å². The van der Waals surface area contributed by atoms with Gasteiger partial charge in [-0.25, -0.2) is 13.2 Å². The topological polar surface area (TPSA) is 58.2 Å². The predicted octanol–water partition coefficient (Wildman–Crippen LogP) is 7.18. The highest BCUT2D eigenvalue weighted by molar-refractivity contribution is 6.53. The molecule has 2 N–H and O–H groups in total. The number of alkyl halides is 2. The van der Waals surface area contributed by atoms with Crippen molar-refractivity contribution in [1.29, 1.82) is 0 Å². The molecule has 4 nitrogen and oxygen atoms in total. The normalized spacial score (nSPS) is 18.0. The summed E-state index contributed by atoms with van der Waals surface area (Å²) in [6, 6.07) is 11.2. The molecule has 2 atom stereocenters. The predicted molar refractivity (Wildman–Crippen MR) is 132 cm³/mol. The number of carbonyl (C=O) groups excluding carboxylic acids is 2. The summed E-state index contributed by atoms with van der Waals surface area (Å²) in [5.74, 6) is -5.14. The number of nitrogens with one attached hydrogen (secondary N) is 2. The van der Waals surface area contributed by atoms with E-state index in [0.29, 0.717) is 17.2 Å². The maximum Gasteiger partial charge on any atom is 0.257 e. The van der Waals surface area contributed by atoms with Crippen LogP contribution >= 0.6 is 34.8 Å². The van der Waals surface area contributed by atoms with E-state index in [9.17, 15) is 22.8 Å². The first kappa shape index (κ1) is 25.1. The van der Waals surface area contributed by atoms with Gasteiger partial charge in [-0.3, -0.25) is 9.59 Å². The van der Waals surface area contributed by atoms with Gasteiger partial charge in [0.15, 0.2) is 0 Å². The summed E-state index contributed by atoms with van der Waals surface area (Å²) in [7, 11) is 0. The largest absolute Gasteiger partial charge is 0.326 e. The van der Waals surface area contributed by atoms with Crippen molar-refractivity contribution in [2.45, 2.75) is 10.3 Å². The molecule has 10 heteroatoms. The third-order valence-electron chi connectivity index (χ3n) is 5.60. The average Bonchev–Trinajstić information content (AvgIpc) is 3.38. The second kappa shape index (κ2) is 9.57. The fourth-order valence-electron chi connectivity index (χ4n) is 3.75. The zero-order chi connectivity index (χ0) is 25.5. The molecule has 0 heterocycles. The van der Waals surface area contributed by atoms with Crippen molar-refractivity contribution in [3.8, 4) is 0 Å². The molecule has 2 amide bonds. The summed E-state index contributed by atoms with van der Waals surface area (Å²) in [6.07, 6.45) is 1.36. The minimum Gasteiger partial charge on any atom is -0.326 e.